The molecule has 0 spiro atoms. The number of para-hydroxylation sites is 1. The zero-order chi connectivity index (χ0) is 22.3. The average Bonchev–Trinajstić information content (AvgIpc) is 3.25. The van der Waals surface area contributed by atoms with Crippen molar-refractivity contribution in [2.24, 2.45) is 5.92 Å². The van der Waals surface area contributed by atoms with Gasteiger partial charge in [0.05, 0.1) is 4.90 Å². The van der Waals surface area contributed by atoms with Crippen molar-refractivity contribution in [1.29, 1.82) is 0 Å². The van der Waals surface area contributed by atoms with Crippen LogP contribution in [-0.2, 0) is 23.1 Å². The van der Waals surface area contributed by atoms with Crippen molar-refractivity contribution in [2.75, 3.05) is 0 Å². The van der Waals surface area contributed by atoms with E-state index in [1.807, 2.05) is 30.3 Å². The van der Waals surface area contributed by atoms with E-state index in [4.69, 9.17) is 9.15 Å². The van der Waals surface area contributed by atoms with E-state index in [0.29, 0.717) is 17.4 Å². The van der Waals surface area contributed by atoms with Crippen molar-refractivity contribution in [1.82, 2.24) is 10.3 Å². The summed E-state index contributed by atoms with van der Waals surface area (Å²) in [5.41, 5.74) is 3.24. The molecular formula is C23H26N2O5S. The SMILES string of the molecule is CC(C)CCc1ccc(S(=O)(=O)NNC(=O)c2ccc(COc3ccccc3)o2)cc1. The van der Waals surface area contributed by atoms with Crippen LogP contribution in [-0.4, -0.2) is 14.3 Å². The molecule has 3 rings (SSSR count). The van der Waals surface area contributed by atoms with Crippen LogP contribution in [0.25, 0.3) is 0 Å². The van der Waals surface area contributed by atoms with Crippen molar-refractivity contribution < 1.29 is 22.4 Å². The third kappa shape index (κ3) is 6.70. The number of hydrogen-bond donors (Lipinski definition) is 2. The fraction of sp³-hybridized carbons (Fsp3) is 0.261. The number of carbonyl (C=O) groups is 1. The molecule has 2 aromatic carbocycles. The van der Waals surface area contributed by atoms with Gasteiger partial charge in [0.2, 0.25) is 0 Å². The van der Waals surface area contributed by atoms with Gasteiger partial charge < -0.3 is 9.15 Å². The Morgan fingerprint density at radius 3 is 2.39 bits per heavy atom. The largest absolute Gasteiger partial charge is 0.486 e. The Morgan fingerprint density at radius 1 is 1.00 bits per heavy atom. The lowest BCUT2D eigenvalue weighted by Gasteiger charge is -2.09. The summed E-state index contributed by atoms with van der Waals surface area (Å²) in [5, 5.41) is 0. The van der Waals surface area contributed by atoms with Crippen molar-refractivity contribution in [3.63, 3.8) is 0 Å². The van der Waals surface area contributed by atoms with Gasteiger partial charge in [-0.1, -0.05) is 44.2 Å². The summed E-state index contributed by atoms with van der Waals surface area (Å²) in [4.78, 5) is 14.4. The summed E-state index contributed by atoms with van der Waals surface area (Å²) in [7, 11) is -3.90. The minimum absolute atomic E-state index is 0.0293. The quantitative estimate of drug-likeness (QED) is 0.461. The van der Waals surface area contributed by atoms with E-state index in [0.717, 1.165) is 18.4 Å². The summed E-state index contributed by atoms with van der Waals surface area (Å²) >= 11 is 0. The molecule has 2 N–H and O–H groups in total. The Hall–Kier alpha value is -3.10. The number of furan rings is 1. The smallest absolute Gasteiger partial charge is 0.301 e. The van der Waals surface area contributed by atoms with E-state index in [1.54, 1.807) is 18.2 Å². The number of hydrazine groups is 1. The number of rotatable bonds is 10. The maximum absolute atomic E-state index is 12.4. The zero-order valence-electron chi connectivity index (χ0n) is 17.5. The second-order valence-corrected chi connectivity index (χ2v) is 9.19. The molecule has 0 fully saturated rings. The minimum Gasteiger partial charge on any atom is -0.486 e. The second kappa shape index (κ2) is 10.3. The molecule has 0 aliphatic heterocycles. The molecular weight excluding hydrogens is 416 g/mol. The molecule has 0 saturated carbocycles. The van der Waals surface area contributed by atoms with Gasteiger partial charge in [-0.3, -0.25) is 10.2 Å². The van der Waals surface area contributed by atoms with E-state index in [2.05, 4.69) is 24.1 Å². The van der Waals surface area contributed by atoms with Gasteiger partial charge in [-0.25, -0.2) is 8.42 Å². The van der Waals surface area contributed by atoms with E-state index >= 15 is 0 Å². The molecule has 0 bridgehead atoms. The summed E-state index contributed by atoms with van der Waals surface area (Å²) in [6.07, 6.45) is 1.92. The van der Waals surface area contributed by atoms with Crippen molar-refractivity contribution in [3.8, 4) is 5.75 Å². The predicted molar refractivity (Wildman–Crippen MR) is 117 cm³/mol. The summed E-state index contributed by atoms with van der Waals surface area (Å²) in [5.74, 6) is 0.954. The van der Waals surface area contributed by atoms with Gasteiger partial charge in [-0.15, -0.1) is 4.83 Å². The summed E-state index contributed by atoms with van der Waals surface area (Å²) in [6.45, 7) is 4.43. The molecule has 31 heavy (non-hydrogen) atoms. The number of nitrogens with one attached hydrogen (secondary N) is 2. The number of sulfonamides is 1. The fourth-order valence-electron chi connectivity index (χ4n) is 2.77. The highest BCUT2D eigenvalue weighted by Crippen LogP contribution is 2.15. The molecule has 0 aliphatic carbocycles. The topological polar surface area (TPSA) is 97.6 Å². The Balaban J connectivity index is 1.53. The maximum atomic E-state index is 12.4. The number of aryl methyl sites for hydroxylation is 1. The molecule has 0 saturated heterocycles. The van der Waals surface area contributed by atoms with E-state index < -0.39 is 15.9 Å². The van der Waals surface area contributed by atoms with Crippen LogP contribution in [0, 0.1) is 5.92 Å². The van der Waals surface area contributed by atoms with Gasteiger partial charge in [0, 0.05) is 0 Å². The lowest BCUT2D eigenvalue weighted by Crippen LogP contribution is -2.41. The molecule has 1 aromatic heterocycles. The third-order valence-electron chi connectivity index (χ3n) is 4.55. The minimum atomic E-state index is -3.90. The van der Waals surface area contributed by atoms with Gasteiger partial charge in [-0.2, -0.15) is 0 Å². The highest BCUT2D eigenvalue weighted by molar-refractivity contribution is 7.89. The first kappa shape index (κ1) is 22.6. The first-order chi connectivity index (χ1) is 14.8. The number of amides is 1. The molecule has 164 valence electrons. The predicted octanol–water partition coefficient (Wildman–Crippen LogP) is 4.07. The Kier molecular flexibility index (Phi) is 7.49. The highest BCUT2D eigenvalue weighted by Gasteiger charge is 2.17. The lowest BCUT2D eigenvalue weighted by molar-refractivity contribution is 0.0913. The van der Waals surface area contributed by atoms with Crippen LogP contribution in [0.15, 0.2) is 76.0 Å². The van der Waals surface area contributed by atoms with Gasteiger partial charge in [0.15, 0.2) is 5.76 Å². The van der Waals surface area contributed by atoms with Crippen LogP contribution >= 0.6 is 0 Å². The summed E-state index contributed by atoms with van der Waals surface area (Å²) < 4.78 is 35.9. The normalized spacial score (nSPS) is 11.5. The van der Waals surface area contributed by atoms with Gasteiger partial charge in [-0.05, 0) is 60.7 Å². The molecule has 1 heterocycles. The number of hydrogen-bond acceptors (Lipinski definition) is 5. The van der Waals surface area contributed by atoms with Crippen LogP contribution in [0.2, 0.25) is 0 Å². The first-order valence-electron chi connectivity index (χ1n) is 10.0. The molecule has 7 nitrogen and oxygen atoms in total. The van der Waals surface area contributed by atoms with E-state index in [1.165, 1.54) is 18.2 Å². The number of ether oxygens (including phenoxy) is 1. The zero-order valence-corrected chi connectivity index (χ0v) is 18.3. The average molecular weight is 443 g/mol. The highest BCUT2D eigenvalue weighted by atomic mass is 32.2. The third-order valence-corrected chi connectivity index (χ3v) is 5.82. The second-order valence-electron chi connectivity index (χ2n) is 7.50. The van der Waals surface area contributed by atoms with Gasteiger partial charge >= 0.3 is 5.91 Å². The van der Waals surface area contributed by atoms with Crippen LogP contribution in [0.1, 0.15) is 42.1 Å². The maximum Gasteiger partial charge on any atom is 0.301 e. The van der Waals surface area contributed by atoms with E-state index in [9.17, 15) is 13.2 Å². The Labute approximate surface area is 182 Å². The molecule has 0 atom stereocenters. The van der Waals surface area contributed by atoms with Crippen LogP contribution in [0.4, 0.5) is 0 Å². The van der Waals surface area contributed by atoms with Crippen molar-refractivity contribution >= 4 is 15.9 Å². The standard InChI is InChI=1S/C23H26N2O5S/c1-17(2)8-9-18-10-13-21(14-11-18)31(27,28)25-24-23(26)22-15-12-20(30-22)16-29-19-6-4-3-5-7-19/h3-7,10-15,17,25H,8-9,16H2,1-2H3,(H,24,26). The van der Waals surface area contributed by atoms with Crippen molar-refractivity contribution in [3.05, 3.63) is 83.8 Å². The number of carbonyl (C=O) groups excluding carboxylic acids is 1. The van der Waals surface area contributed by atoms with Crippen LogP contribution in [0.3, 0.4) is 0 Å². The van der Waals surface area contributed by atoms with Crippen LogP contribution < -0.4 is 15.0 Å². The first-order valence-corrected chi connectivity index (χ1v) is 11.5. The molecule has 1 amide bonds. The van der Waals surface area contributed by atoms with Gasteiger partial charge in [0.1, 0.15) is 18.1 Å². The summed E-state index contributed by atoms with van der Waals surface area (Å²) in [6, 6.07) is 18.9. The molecule has 0 radical (unpaired) electrons. The Morgan fingerprint density at radius 2 is 1.71 bits per heavy atom. The van der Waals surface area contributed by atoms with E-state index in [-0.39, 0.29) is 17.3 Å². The molecule has 3 aromatic rings. The van der Waals surface area contributed by atoms with Crippen LogP contribution in [0.5, 0.6) is 5.75 Å². The van der Waals surface area contributed by atoms with Crippen molar-refractivity contribution in [2.45, 2.75) is 38.2 Å². The lowest BCUT2D eigenvalue weighted by atomic mass is 10.0. The molecule has 0 aliphatic rings. The van der Waals surface area contributed by atoms with Gasteiger partial charge in [0.25, 0.3) is 10.0 Å². The molecule has 0 unspecified atom stereocenters. The monoisotopic (exact) mass is 442 g/mol. The number of benzene rings is 2. The fourth-order valence-corrected chi connectivity index (χ4v) is 3.61. The Bertz CT molecular complexity index is 1090. The molecule has 8 heteroatoms.